The van der Waals surface area contributed by atoms with Gasteiger partial charge >= 0.3 is 11.7 Å². The number of nitrogens with zero attached hydrogens (tertiary/aromatic N) is 3. The highest BCUT2D eigenvalue weighted by Crippen LogP contribution is 2.23. The summed E-state index contributed by atoms with van der Waals surface area (Å²) in [6.07, 6.45) is -1.01. The SMILES string of the molecule is CCOC(=O)CSc1nc2c(c(=O)[nH]c(=O)n2C)n1CC(O)COc1ccc(OC)cc1. The second kappa shape index (κ2) is 10.4. The summed E-state index contributed by atoms with van der Waals surface area (Å²) in [5, 5.41) is 10.9. The number of benzene rings is 1. The van der Waals surface area contributed by atoms with Crippen molar-refractivity contribution in [1.82, 2.24) is 19.1 Å². The summed E-state index contributed by atoms with van der Waals surface area (Å²) in [5.41, 5.74) is -0.991. The lowest BCUT2D eigenvalue weighted by Crippen LogP contribution is -2.30. The maximum Gasteiger partial charge on any atom is 0.329 e. The molecule has 1 unspecified atom stereocenters. The van der Waals surface area contributed by atoms with E-state index in [9.17, 15) is 19.5 Å². The molecule has 1 aromatic carbocycles. The molecule has 2 N–H and O–H groups in total. The fourth-order valence-electron chi connectivity index (χ4n) is 2.95. The molecule has 3 aromatic rings. The van der Waals surface area contributed by atoms with E-state index >= 15 is 0 Å². The van der Waals surface area contributed by atoms with E-state index in [-0.39, 0.29) is 36.7 Å². The zero-order chi connectivity index (χ0) is 23.3. The lowest BCUT2D eigenvalue weighted by atomic mass is 10.3. The Kier molecular flexibility index (Phi) is 7.59. The third kappa shape index (κ3) is 5.32. The standard InChI is InChI=1S/C20H24N4O7S/c1-4-30-15(26)11-32-20-21-17-16(18(27)22-19(28)23(17)2)24(20)9-12(25)10-31-14-7-5-13(29-3)6-8-14/h5-8,12,25H,4,9-11H2,1-3H3,(H,22,27,28). The van der Waals surface area contributed by atoms with Crippen LogP contribution in [0.5, 0.6) is 11.5 Å². The van der Waals surface area contributed by atoms with Crippen LogP contribution in [-0.2, 0) is 23.1 Å². The Morgan fingerprint density at radius 3 is 2.59 bits per heavy atom. The summed E-state index contributed by atoms with van der Waals surface area (Å²) in [4.78, 5) is 42.8. The normalized spacial score (nSPS) is 12.0. The zero-order valence-electron chi connectivity index (χ0n) is 17.9. The van der Waals surface area contributed by atoms with E-state index in [2.05, 4.69) is 9.97 Å². The molecule has 2 heterocycles. The molecule has 0 saturated heterocycles. The van der Waals surface area contributed by atoms with Crippen molar-refractivity contribution in [2.24, 2.45) is 7.05 Å². The molecule has 0 aliphatic heterocycles. The van der Waals surface area contributed by atoms with Gasteiger partial charge in [0.2, 0.25) is 0 Å². The molecule has 0 fully saturated rings. The van der Waals surface area contributed by atoms with E-state index in [4.69, 9.17) is 14.2 Å². The third-order valence-corrected chi connectivity index (χ3v) is 5.44. The second-order valence-electron chi connectivity index (χ2n) is 6.73. The number of ether oxygens (including phenoxy) is 3. The van der Waals surface area contributed by atoms with Crippen LogP contribution >= 0.6 is 11.8 Å². The fraction of sp³-hybridized carbons (Fsp3) is 0.400. The highest BCUT2D eigenvalue weighted by atomic mass is 32.2. The van der Waals surface area contributed by atoms with Crippen molar-refractivity contribution in [2.45, 2.75) is 24.7 Å². The van der Waals surface area contributed by atoms with Crippen LogP contribution in [0.3, 0.4) is 0 Å². The van der Waals surface area contributed by atoms with Crippen molar-refractivity contribution in [3.63, 3.8) is 0 Å². The number of H-pyrrole nitrogens is 1. The van der Waals surface area contributed by atoms with Crippen molar-refractivity contribution in [1.29, 1.82) is 0 Å². The Bertz CT molecular complexity index is 1200. The molecule has 32 heavy (non-hydrogen) atoms. The number of rotatable bonds is 10. The molecule has 0 radical (unpaired) electrons. The minimum Gasteiger partial charge on any atom is -0.497 e. The predicted molar refractivity (Wildman–Crippen MR) is 117 cm³/mol. The first-order valence-electron chi connectivity index (χ1n) is 9.76. The fourth-order valence-corrected chi connectivity index (χ4v) is 3.75. The second-order valence-corrected chi connectivity index (χ2v) is 7.67. The number of nitrogens with one attached hydrogen (secondary N) is 1. The topological polar surface area (TPSA) is 138 Å². The van der Waals surface area contributed by atoms with Crippen LogP contribution in [0.1, 0.15) is 6.92 Å². The first-order chi connectivity index (χ1) is 15.3. The van der Waals surface area contributed by atoms with Gasteiger partial charge in [0.15, 0.2) is 16.3 Å². The number of thioether (sulfide) groups is 1. The molecule has 3 rings (SSSR count). The lowest BCUT2D eigenvalue weighted by Gasteiger charge is -2.15. The molecule has 0 aliphatic rings. The summed E-state index contributed by atoms with van der Waals surface area (Å²) in [7, 11) is 3.03. The van der Waals surface area contributed by atoms with Crippen LogP contribution in [0.4, 0.5) is 0 Å². The summed E-state index contributed by atoms with van der Waals surface area (Å²) in [6.45, 7) is 1.84. The highest BCUT2D eigenvalue weighted by molar-refractivity contribution is 7.99. The van der Waals surface area contributed by atoms with Gasteiger partial charge in [-0.15, -0.1) is 0 Å². The maximum absolute atomic E-state index is 12.5. The minimum atomic E-state index is -1.01. The predicted octanol–water partition coefficient (Wildman–Crippen LogP) is 0.527. The number of hydrogen-bond acceptors (Lipinski definition) is 9. The first kappa shape index (κ1) is 23.4. The van der Waals surface area contributed by atoms with Crippen LogP contribution in [0.2, 0.25) is 0 Å². The Hall–Kier alpha value is -3.25. The van der Waals surface area contributed by atoms with E-state index < -0.39 is 23.3 Å². The number of imidazole rings is 1. The monoisotopic (exact) mass is 464 g/mol. The van der Waals surface area contributed by atoms with Gasteiger partial charge in [-0.05, 0) is 31.2 Å². The summed E-state index contributed by atoms with van der Waals surface area (Å²) in [5.74, 6) is 0.734. The Morgan fingerprint density at radius 2 is 1.94 bits per heavy atom. The number of hydrogen-bond donors (Lipinski definition) is 2. The lowest BCUT2D eigenvalue weighted by molar-refractivity contribution is -0.139. The number of aliphatic hydroxyl groups excluding tert-OH is 1. The van der Waals surface area contributed by atoms with Gasteiger partial charge in [0.05, 0.1) is 26.0 Å². The van der Waals surface area contributed by atoms with Gasteiger partial charge in [-0.3, -0.25) is 19.1 Å². The maximum atomic E-state index is 12.5. The highest BCUT2D eigenvalue weighted by Gasteiger charge is 2.21. The molecule has 2 aromatic heterocycles. The van der Waals surface area contributed by atoms with E-state index in [1.165, 1.54) is 16.2 Å². The van der Waals surface area contributed by atoms with Crippen LogP contribution < -0.4 is 20.7 Å². The molecule has 172 valence electrons. The Labute approximate surface area is 186 Å². The van der Waals surface area contributed by atoms with E-state index in [1.54, 1.807) is 38.3 Å². The largest absolute Gasteiger partial charge is 0.497 e. The van der Waals surface area contributed by atoms with Crippen molar-refractivity contribution < 1.29 is 24.1 Å². The van der Waals surface area contributed by atoms with Crippen molar-refractivity contribution >= 4 is 28.9 Å². The molecule has 12 heteroatoms. The molecular weight excluding hydrogens is 440 g/mol. The van der Waals surface area contributed by atoms with Crippen LogP contribution in [-0.4, -0.2) is 62.4 Å². The number of aromatic amines is 1. The zero-order valence-corrected chi connectivity index (χ0v) is 18.7. The van der Waals surface area contributed by atoms with Gasteiger partial charge in [0, 0.05) is 7.05 Å². The molecule has 0 saturated carbocycles. The average molecular weight is 465 g/mol. The third-order valence-electron chi connectivity index (χ3n) is 4.49. The van der Waals surface area contributed by atoms with Crippen molar-refractivity contribution in [3.05, 3.63) is 45.1 Å². The quantitative estimate of drug-likeness (QED) is 0.325. The number of aliphatic hydroxyl groups is 1. The number of carbonyl (C=O) groups is 1. The van der Waals surface area contributed by atoms with Crippen LogP contribution in [0, 0.1) is 0 Å². The first-order valence-corrected chi connectivity index (χ1v) is 10.8. The summed E-state index contributed by atoms with van der Waals surface area (Å²) < 4.78 is 18.3. The summed E-state index contributed by atoms with van der Waals surface area (Å²) in [6, 6.07) is 6.88. The number of fused-ring (bicyclic) bond motifs is 1. The minimum absolute atomic E-state index is 0.0402. The Balaban J connectivity index is 1.84. The van der Waals surface area contributed by atoms with E-state index in [0.717, 1.165) is 11.8 Å². The van der Waals surface area contributed by atoms with Crippen LogP contribution in [0.25, 0.3) is 11.2 Å². The smallest absolute Gasteiger partial charge is 0.329 e. The van der Waals surface area contributed by atoms with E-state index in [1.807, 2.05) is 0 Å². The molecule has 0 bridgehead atoms. The summed E-state index contributed by atoms with van der Waals surface area (Å²) >= 11 is 1.05. The van der Waals surface area contributed by atoms with Gasteiger partial charge in [0.1, 0.15) is 24.2 Å². The molecule has 1 atom stereocenters. The number of methoxy groups -OCH3 is 1. The molecule has 0 spiro atoms. The average Bonchev–Trinajstić information content (AvgIpc) is 3.14. The van der Waals surface area contributed by atoms with Gasteiger partial charge in [0.25, 0.3) is 5.56 Å². The van der Waals surface area contributed by atoms with Crippen molar-refractivity contribution in [2.75, 3.05) is 26.1 Å². The number of aromatic nitrogens is 4. The number of carbonyl (C=O) groups excluding carboxylic acids is 1. The molecule has 11 nitrogen and oxygen atoms in total. The molecular formula is C20H24N4O7S. The molecule has 0 aliphatic carbocycles. The molecule has 0 amide bonds. The number of aryl methyl sites for hydroxylation is 1. The van der Waals surface area contributed by atoms with Gasteiger partial charge < -0.3 is 23.9 Å². The van der Waals surface area contributed by atoms with Gasteiger partial charge in [-0.2, -0.15) is 0 Å². The number of esters is 1. The van der Waals surface area contributed by atoms with Crippen molar-refractivity contribution in [3.8, 4) is 11.5 Å². The Morgan fingerprint density at radius 1 is 1.25 bits per heavy atom. The van der Waals surface area contributed by atoms with E-state index in [0.29, 0.717) is 16.7 Å². The van der Waals surface area contributed by atoms with Gasteiger partial charge in [-0.25, -0.2) is 9.78 Å². The van der Waals surface area contributed by atoms with Crippen LogP contribution in [0.15, 0.2) is 39.0 Å². The van der Waals surface area contributed by atoms with Gasteiger partial charge in [-0.1, -0.05) is 11.8 Å².